The zero-order valence-electron chi connectivity index (χ0n) is 12.8. The van der Waals surface area contributed by atoms with Gasteiger partial charge in [-0.15, -0.1) is 0 Å². The Morgan fingerprint density at radius 2 is 2.25 bits per heavy atom. The lowest BCUT2D eigenvalue weighted by molar-refractivity contribution is 0.119. The Balaban J connectivity index is 1.95. The number of fused-ring (bicyclic) bond motifs is 1. The first-order chi connectivity index (χ1) is 11.5. The zero-order valence-corrected chi connectivity index (χ0v) is 13.5. The van der Waals surface area contributed by atoms with E-state index in [9.17, 15) is 9.90 Å². The average Bonchev–Trinajstić information content (AvgIpc) is 3.16. The summed E-state index contributed by atoms with van der Waals surface area (Å²) in [6, 6.07) is 1.04. The van der Waals surface area contributed by atoms with Crippen molar-refractivity contribution >= 4 is 22.5 Å². The first kappa shape index (κ1) is 15.3. The van der Waals surface area contributed by atoms with Gasteiger partial charge in [0.2, 0.25) is 0 Å². The summed E-state index contributed by atoms with van der Waals surface area (Å²) in [5.74, 6) is 0. The number of hydrogen-bond donors (Lipinski definition) is 1. The van der Waals surface area contributed by atoms with Gasteiger partial charge < -0.3 is 9.84 Å². The molecule has 4 rings (SSSR count). The predicted octanol–water partition coefficient (Wildman–Crippen LogP) is 0.778. The molecule has 1 aliphatic heterocycles. The molecule has 124 valence electrons. The predicted molar refractivity (Wildman–Crippen MR) is 86.9 cm³/mol. The van der Waals surface area contributed by atoms with Crippen LogP contribution in [0.3, 0.4) is 0 Å². The molecule has 0 saturated carbocycles. The lowest BCUT2D eigenvalue weighted by Crippen LogP contribution is -2.31. The monoisotopic (exact) mass is 347 g/mol. The molecule has 0 radical (unpaired) electrons. The van der Waals surface area contributed by atoms with Crippen molar-refractivity contribution in [2.75, 3.05) is 13.2 Å². The van der Waals surface area contributed by atoms with Crippen molar-refractivity contribution in [1.82, 2.24) is 24.3 Å². The minimum Gasteiger partial charge on any atom is -0.388 e. The van der Waals surface area contributed by atoms with E-state index in [1.165, 1.54) is 17.0 Å². The second-order valence-corrected chi connectivity index (χ2v) is 6.11. The van der Waals surface area contributed by atoms with Crippen molar-refractivity contribution in [3.63, 3.8) is 0 Å². The number of aryl methyl sites for hydroxylation is 1. The average molecular weight is 348 g/mol. The number of aromatic nitrogens is 5. The molecule has 3 aromatic rings. The zero-order chi connectivity index (χ0) is 16.8. The molecule has 0 aliphatic carbocycles. The molecule has 0 aromatic carbocycles. The third-order valence-corrected chi connectivity index (χ3v) is 4.29. The normalized spacial score (nSPS) is 20.8. The molecule has 2 atom stereocenters. The summed E-state index contributed by atoms with van der Waals surface area (Å²) in [7, 11) is 1.79. The molecule has 9 heteroatoms. The quantitative estimate of drug-likeness (QED) is 0.688. The maximum atomic E-state index is 12.9. The fraction of sp³-hybridized carbons (Fsp3) is 0.333. The fourth-order valence-electron chi connectivity index (χ4n) is 2.89. The second-order valence-electron chi connectivity index (χ2n) is 5.72. The largest absolute Gasteiger partial charge is 0.388 e. The first-order valence-electron chi connectivity index (χ1n) is 7.37. The van der Waals surface area contributed by atoms with Gasteiger partial charge >= 0.3 is 0 Å². The Morgan fingerprint density at radius 1 is 1.42 bits per heavy atom. The van der Waals surface area contributed by atoms with E-state index in [4.69, 9.17) is 16.3 Å². The van der Waals surface area contributed by atoms with E-state index in [-0.39, 0.29) is 23.9 Å². The van der Waals surface area contributed by atoms with Crippen LogP contribution in [0.4, 0.5) is 0 Å². The van der Waals surface area contributed by atoms with Gasteiger partial charge in [-0.25, -0.2) is 9.97 Å². The lowest BCUT2D eigenvalue weighted by Gasteiger charge is -2.16. The van der Waals surface area contributed by atoms with Crippen LogP contribution >= 0.6 is 11.6 Å². The summed E-state index contributed by atoms with van der Waals surface area (Å²) in [5.41, 5.74) is 1.38. The highest BCUT2D eigenvalue weighted by molar-refractivity contribution is 6.30. The van der Waals surface area contributed by atoms with E-state index >= 15 is 0 Å². The van der Waals surface area contributed by atoms with Crippen LogP contribution in [0.15, 0.2) is 29.6 Å². The van der Waals surface area contributed by atoms with Crippen LogP contribution in [0.2, 0.25) is 5.15 Å². The van der Waals surface area contributed by atoms with Gasteiger partial charge in [0.15, 0.2) is 0 Å². The summed E-state index contributed by atoms with van der Waals surface area (Å²) in [5, 5.41) is 14.6. The van der Waals surface area contributed by atoms with Gasteiger partial charge in [0.25, 0.3) is 5.56 Å². The summed E-state index contributed by atoms with van der Waals surface area (Å²) in [6.45, 7) is 0.468. The number of rotatable bonds is 2. The molecule has 0 amide bonds. The van der Waals surface area contributed by atoms with E-state index in [0.29, 0.717) is 16.6 Å². The summed E-state index contributed by atoms with van der Waals surface area (Å²) in [4.78, 5) is 21.5. The van der Waals surface area contributed by atoms with Crippen molar-refractivity contribution in [3.05, 3.63) is 40.3 Å². The molecular formula is C15H14ClN5O3. The Kier molecular flexibility index (Phi) is 3.60. The first-order valence-corrected chi connectivity index (χ1v) is 7.74. The summed E-state index contributed by atoms with van der Waals surface area (Å²) in [6.07, 6.45) is 4.10. The Labute approximate surface area is 141 Å². The number of hydrogen-bond acceptors (Lipinski definition) is 6. The van der Waals surface area contributed by atoms with Crippen molar-refractivity contribution in [2.24, 2.45) is 7.05 Å². The topological polar surface area (TPSA) is 95.1 Å². The van der Waals surface area contributed by atoms with Crippen LogP contribution < -0.4 is 5.56 Å². The van der Waals surface area contributed by atoms with E-state index in [2.05, 4.69) is 15.1 Å². The molecular weight excluding hydrogens is 334 g/mol. The fourth-order valence-corrected chi connectivity index (χ4v) is 3.08. The van der Waals surface area contributed by atoms with E-state index < -0.39 is 12.1 Å². The van der Waals surface area contributed by atoms with Crippen LogP contribution in [0, 0.1) is 0 Å². The molecule has 3 aromatic heterocycles. The van der Waals surface area contributed by atoms with Crippen LogP contribution in [0.5, 0.6) is 0 Å². The molecule has 1 N–H and O–H groups in total. The second kappa shape index (κ2) is 5.66. The van der Waals surface area contributed by atoms with Gasteiger partial charge in [0, 0.05) is 18.8 Å². The number of pyridine rings is 1. The smallest absolute Gasteiger partial charge is 0.261 e. The molecule has 1 saturated heterocycles. The summed E-state index contributed by atoms with van der Waals surface area (Å²) >= 11 is 6.10. The molecule has 4 heterocycles. The maximum Gasteiger partial charge on any atom is 0.261 e. The Bertz CT molecular complexity index is 983. The number of aliphatic hydroxyl groups excluding tert-OH is 1. The Hall–Kier alpha value is -2.29. The lowest BCUT2D eigenvalue weighted by atomic mass is 10.1. The highest BCUT2D eigenvalue weighted by Gasteiger charge is 2.29. The summed E-state index contributed by atoms with van der Waals surface area (Å²) < 4.78 is 8.25. The van der Waals surface area contributed by atoms with Gasteiger partial charge in [-0.1, -0.05) is 11.6 Å². The third-order valence-electron chi connectivity index (χ3n) is 4.09. The van der Waals surface area contributed by atoms with Gasteiger partial charge in [-0.3, -0.25) is 14.0 Å². The van der Waals surface area contributed by atoms with Gasteiger partial charge in [0.05, 0.1) is 37.2 Å². The number of nitrogens with zero attached hydrogens (tertiary/aromatic N) is 5. The molecule has 1 fully saturated rings. The Morgan fingerprint density at radius 3 is 2.92 bits per heavy atom. The van der Waals surface area contributed by atoms with Crippen LogP contribution in [0.1, 0.15) is 6.04 Å². The highest BCUT2D eigenvalue weighted by atomic mass is 35.5. The minimum absolute atomic E-state index is 0.196. The minimum atomic E-state index is -0.739. The molecule has 1 aliphatic rings. The van der Waals surface area contributed by atoms with E-state index in [1.54, 1.807) is 24.1 Å². The molecule has 0 unspecified atom stereocenters. The SMILES string of the molecule is Cn1cc(-c2nc(Cl)cc3c(=O)n([C@H]4COC[C@H]4O)cnc23)cn1. The third kappa shape index (κ3) is 2.39. The molecule has 0 bridgehead atoms. The van der Waals surface area contributed by atoms with Crippen LogP contribution in [-0.2, 0) is 11.8 Å². The van der Waals surface area contributed by atoms with Crippen LogP contribution in [0.25, 0.3) is 22.2 Å². The van der Waals surface area contributed by atoms with Crippen molar-refractivity contribution in [1.29, 1.82) is 0 Å². The van der Waals surface area contributed by atoms with Crippen molar-refractivity contribution in [3.8, 4) is 11.3 Å². The van der Waals surface area contributed by atoms with Crippen LogP contribution in [-0.4, -0.2) is 48.7 Å². The number of aliphatic hydroxyl groups is 1. The number of ether oxygens (including phenoxy) is 1. The standard InChI is InChI=1S/C15H14ClN5O3/c1-20-4-8(3-18-20)13-14-9(2-12(16)19-13)15(23)21(7-17-14)10-5-24-6-11(10)22/h2-4,7,10-11,22H,5-6H2,1H3/t10-,11+/m0/s1. The van der Waals surface area contributed by atoms with Gasteiger partial charge in [0.1, 0.15) is 22.5 Å². The van der Waals surface area contributed by atoms with E-state index in [1.807, 2.05) is 0 Å². The van der Waals surface area contributed by atoms with Gasteiger partial charge in [-0.05, 0) is 6.07 Å². The molecule has 24 heavy (non-hydrogen) atoms. The van der Waals surface area contributed by atoms with Crippen molar-refractivity contribution in [2.45, 2.75) is 12.1 Å². The maximum absolute atomic E-state index is 12.9. The van der Waals surface area contributed by atoms with Gasteiger partial charge in [-0.2, -0.15) is 5.10 Å². The van der Waals surface area contributed by atoms with Crippen molar-refractivity contribution < 1.29 is 9.84 Å². The van der Waals surface area contributed by atoms with E-state index in [0.717, 1.165) is 5.56 Å². The molecule has 0 spiro atoms. The number of halogens is 1. The highest BCUT2D eigenvalue weighted by Crippen LogP contribution is 2.26. The molecule has 8 nitrogen and oxygen atoms in total.